The number of aliphatic imine (C=N–C) groups is 1. The van der Waals surface area contributed by atoms with Crippen LogP contribution in [0.25, 0.3) is 0 Å². The van der Waals surface area contributed by atoms with E-state index in [1.807, 2.05) is 18.4 Å². The third kappa shape index (κ3) is 2.77. The van der Waals surface area contributed by atoms with E-state index in [0.717, 1.165) is 0 Å². The number of benzene rings is 1. The Kier molecular flexibility index (Phi) is 4.17. The molecule has 1 aliphatic heterocycles. The zero-order valence-electron chi connectivity index (χ0n) is 10.5. The molecule has 0 saturated heterocycles. The first-order chi connectivity index (χ1) is 9.04. The van der Waals surface area contributed by atoms with Gasteiger partial charge in [0.05, 0.1) is 5.57 Å². The van der Waals surface area contributed by atoms with Crippen molar-refractivity contribution in [3.05, 3.63) is 46.1 Å². The molecule has 1 aromatic rings. The number of carboxylic acid groups (broad SMARTS) is 1. The van der Waals surface area contributed by atoms with Gasteiger partial charge in [0.25, 0.3) is 0 Å². The van der Waals surface area contributed by atoms with E-state index in [0.29, 0.717) is 21.5 Å². The van der Waals surface area contributed by atoms with Gasteiger partial charge in [-0.15, -0.1) is 0 Å². The Morgan fingerprint density at radius 2 is 2.16 bits per heavy atom. The summed E-state index contributed by atoms with van der Waals surface area (Å²) in [6.45, 7) is 1.73. The van der Waals surface area contributed by atoms with Crippen LogP contribution >= 0.6 is 23.4 Å². The molecular formula is C13H13ClN2O2S. The number of nitrogens with zero attached hydrogens (tertiary/aromatic N) is 1. The predicted octanol–water partition coefficient (Wildman–Crippen LogP) is 3.06. The zero-order chi connectivity index (χ0) is 14.0. The summed E-state index contributed by atoms with van der Waals surface area (Å²) >= 11 is 7.59. The van der Waals surface area contributed by atoms with Crippen LogP contribution in [-0.4, -0.2) is 22.5 Å². The van der Waals surface area contributed by atoms with Crippen molar-refractivity contribution < 1.29 is 9.90 Å². The lowest BCUT2D eigenvalue weighted by Gasteiger charge is -2.24. The van der Waals surface area contributed by atoms with Crippen molar-refractivity contribution in [3.8, 4) is 0 Å². The number of amidine groups is 1. The minimum absolute atomic E-state index is 0.228. The summed E-state index contributed by atoms with van der Waals surface area (Å²) in [5.41, 5.74) is 1.52. The number of hydrogen-bond donors (Lipinski definition) is 2. The van der Waals surface area contributed by atoms with Crippen LogP contribution in [0, 0.1) is 0 Å². The maximum Gasteiger partial charge on any atom is 0.335 e. The van der Waals surface area contributed by atoms with Crippen LogP contribution in [0.15, 0.2) is 40.5 Å². The maximum absolute atomic E-state index is 11.4. The standard InChI is InChI=1S/C13H13ClN2O2S/c1-7-10(12(17)18)11(16-13(15-7)19-2)8-5-3-4-6-9(8)14/h3-6,11H,1-2H3,(H,15,16)(H,17,18). The highest BCUT2D eigenvalue weighted by Crippen LogP contribution is 2.35. The zero-order valence-corrected chi connectivity index (χ0v) is 12.0. The Morgan fingerprint density at radius 3 is 2.74 bits per heavy atom. The van der Waals surface area contributed by atoms with E-state index in [4.69, 9.17) is 11.6 Å². The SMILES string of the molecule is CSC1=NC(c2ccccc2Cl)C(C(=O)O)=C(C)N1. The largest absolute Gasteiger partial charge is 0.478 e. The molecular weight excluding hydrogens is 284 g/mol. The molecule has 1 atom stereocenters. The molecule has 0 bridgehead atoms. The smallest absolute Gasteiger partial charge is 0.335 e. The first kappa shape index (κ1) is 14.0. The Morgan fingerprint density at radius 1 is 1.47 bits per heavy atom. The van der Waals surface area contributed by atoms with Gasteiger partial charge in [-0.05, 0) is 19.2 Å². The first-order valence-electron chi connectivity index (χ1n) is 5.62. The van der Waals surface area contributed by atoms with Crippen molar-refractivity contribution >= 4 is 34.5 Å². The molecule has 0 amide bonds. The van der Waals surface area contributed by atoms with E-state index in [2.05, 4.69) is 10.3 Å². The lowest BCUT2D eigenvalue weighted by atomic mass is 9.97. The number of nitrogens with one attached hydrogen (secondary N) is 1. The van der Waals surface area contributed by atoms with Crippen LogP contribution in [0.2, 0.25) is 5.02 Å². The van der Waals surface area contributed by atoms with Crippen molar-refractivity contribution in [2.24, 2.45) is 4.99 Å². The highest BCUT2D eigenvalue weighted by Gasteiger charge is 2.29. The number of rotatable bonds is 2. The third-order valence-electron chi connectivity index (χ3n) is 2.84. The monoisotopic (exact) mass is 296 g/mol. The fourth-order valence-electron chi connectivity index (χ4n) is 1.95. The topological polar surface area (TPSA) is 61.7 Å². The number of thioether (sulfide) groups is 1. The molecule has 0 radical (unpaired) electrons. The molecule has 0 aliphatic carbocycles. The van der Waals surface area contributed by atoms with E-state index in [1.165, 1.54) is 11.8 Å². The summed E-state index contributed by atoms with van der Waals surface area (Å²) in [6.07, 6.45) is 1.88. The molecule has 1 aromatic carbocycles. The van der Waals surface area contributed by atoms with Crippen molar-refractivity contribution in [2.75, 3.05) is 6.26 Å². The Labute approximate surface area is 120 Å². The number of allylic oxidation sites excluding steroid dienone is 1. The van der Waals surface area contributed by atoms with E-state index in [-0.39, 0.29) is 5.57 Å². The molecule has 0 saturated carbocycles. The summed E-state index contributed by atoms with van der Waals surface area (Å²) < 4.78 is 0. The molecule has 2 rings (SSSR count). The summed E-state index contributed by atoms with van der Waals surface area (Å²) in [4.78, 5) is 15.9. The summed E-state index contributed by atoms with van der Waals surface area (Å²) in [5.74, 6) is -0.987. The molecule has 100 valence electrons. The molecule has 0 spiro atoms. The molecule has 4 nitrogen and oxygen atoms in total. The van der Waals surface area contributed by atoms with E-state index in [1.54, 1.807) is 19.1 Å². The minimum Gasteiger partial charge on any atom is -0.478 e. The highest BCUT2D eigenvalue weighted by molar-refractivity contribution is 8.13. The number of carbonyl (C=O) groups is 1. The van der Waals surface area contributed by atoms with Crippen molar-refractivity contribution in [1.29, 1.82) is 0 Å². The number of halogens is 1. The van der Waals surface area contributed by atoms with Crippen LogP contribution in [0.5, 0.6) is 0 Å². The molecule has 1 heterocycles. The van der Waals surface area contributed by atoms with Crippen LogP contribution in [0.1, 0.15) is 18.5 Å². The molecule has 1 aliphatic rings. The molecule has 19 heavy (non-hydrogen) atoms. The quantitative estimate of drug-likeness (QED) is 0.880. The van der Waals surface area contributed by atoms with Gasteiger partial charge in [-0.3, -0.25) is 0 Å². The first-order valence-corrected chi connectivity index (χ1v) is 7.22. The van der Waals surface area contributed by atoms with Crippen LogP contribution < -0.4 is 5.32 Å². The fraction of sp³-hybridized carbons (Fsp3) is 0.231. The summed E-state index contributed by atoms with van der Waals surface area (Å²) in [7, 11) is 0. The van der Waals surface area contributed by atoms with Crippen molar-refractivity contribution in [1.82, 2.24) is 5.32 Å². The van der Waals surface area contributed by atoms with Gasteiger partial charge in [0, 0.05) is 16.3 Å². The highest BCUT2D eigenvalue weighted by atomic mass is 35.5. The van der Waals surface area contributed by atoms with Gasteiger partial charge in [0.2, 0.25) is 0 Å². The minimum atomic E-state index is -0.987. The van der Waals surface area contributed by atoms with Crippen LogP contribution in [0.3, 0.4) is 0 Å². The molecule has 0 fully saturated rings. The lowest BCUT2D eigenvalue weighted by Crippen LogP contribution is -2.29. The van der Waals surface area contributed by atoms with Gasteiger partial charge in [0.1, 0.15) is 6.04 Å². The van der Waals surface area contributed by atoms with Gasteiger partial charge in [-0.1, -0.05) is 41.6 Å². The molecule has 1 unspecified atom stereocenters. The lowest BCUT2D eigenvalue weighted by molar-refractivity contribution is -0.133. The number of hydrogen-bond acceptors (Lipinski definition) is 4. The number of aliphatic carboxylic acids is 1. The van der Waals surface area contributed by atoms with Crippen LogP contribution in [-0.2, 0) is 4.79 Å². The summed E-state index contributed by atoms with van der Waals surface area (Å²) in [6, 6.07) is 6.60. The fourth-order valence-corrected chi connectivity index (χ4v) is 2.65. The van der Waals surface area contributed by atoms with Gasteiger partial charge in [0.15, 0.2) is 5.17 Å². The van der Waals surface area contributed by atoms with Crippen molar-refractivity contribution in [2.45, 2.75) is 13.0 Å². The van der Waals surface area contributed by atoms with Gasteiger partial charge < -0.3 is 10.4 Å². The number of carboxylic acids is 1. The average Bonchev–Trinajstić information content (AvgIpc) is 2.37. The van der Waals surface area contributed by atoms with E-state index in [9.17, 15) is 9.90 Å². The van der Waals surface area contributed by atoms with Crippen molar-refractivity contribution in [3.63, 3.8) is 0 Å². The second-order valence-electron chi connectivity index (χ2n) is 4.03. The van der Waals surface area contributed by atoms with Gasteiger partial charge >= 0.3 is 5.97 Å². The third-order valence-corrected chi connectivity index (χ3v) is 3.78. The van der Waals surface area contributed by atoms with E-state index >= 15 is 0 Å². The second-order valence-corrected chi connectivity index (χ2v) is 5.23. The Bertz CT molecular complexity index is 584. The average molecular weight is 297 g/mol. The normalized spacial score (nSPS) is 18.9. The molecule has 2 N–H and O–H groups in total. The molecule has 0 aromatic heterocycles. The maximum atomic E-state index is 11.4. The second kappa shape index (κ2) is 5.67. The molecule has 6 heteroatoms. The van der Waals surface area contributed by atoms with Gasteiger partial charge in [-0.2, -0.15) is 0 Å². The van der Waals surface area contributed by atoms with E-state index < -0.39 is 12.0 Å². The Hall–Kier alpha value is -1.46. The predicted molar refractivity (Wildman–Crippen MR) is 78.6 cm³/mol. The van der Waals surface area contributed by atoms with Gasteiger partial charge in [-0.25, -0.2) is 9.79 Å². The summed E-state index contributed by atoms with van der Waals surface area (Å²) in [5, 5.41) is 13.6. The Balaban J connectivity index is 2.55. The van der Waals surface area contributed by atoms with Crippen LogP contribution in [0.4, 0.5) is 0 Å².